The fraction of sp³-hybridized carbons (Fsp3) is 0.579. The van der Waals surface area contributed by atoms with E-state index in [1.54, 1.807) is 6.08 Å². The average Bonchev–Trinajstić information content (AvgIpc) is 3.22. The van der Waals surface area contributed by atoms with Crippen molar-refractivity contribution in [2.24, 2.45) is 5.92 Å². The lowest BCUT2D eigenvalue weighted by molar-refractivity contribution is -0.276. The van der Waals surface area contributed by atoms with Gasteiger partial charge in [-0.15, -0.1) is 13.2 Å². The Labute approximate surface area is 144 Å². The van der Waals surface area contributed by atoms with Crippen LogP contribution in [0.2, 0.25) is 0 Å². The number of hydrogen-bond donors (Lipinski definition) is 0. The molecule has 0 aromatic heterocycles. The van der Waals surface area contributed by atoms with Crippen LogP contribution in [-0.4, -0.2) is 12.5 Å². The van der Waals surface area contributed by atoms with Crippen LogP contribution in [0.1, 0.15) is 56.9 Å². The van der Waals surface area contributed by atoms with E-state index in [4.69, 9.17) is 4.74 Å². The molecule has 0 amide bonds. The summed E-state index contributed by atoms with van der Waals surface area (Å²) >= 11 is 0. The first-order chi connectivity index (χ1) is 11.9. The topological polar surface area (TPSA) is 18.5 Å². The lowest BCUT2D eigenvalue weighted by Crippen LogP contribution is -2.20. The number of ether oxygens (including phenoxy) is 2. The number of allylic oxidation sites excluding steroid dienone is 1. The van der Waals surface area contributed by atoms with Crippen LogP contribution in [0.15, 0.2) is 18.2 Å². The highest BCUT2D eigenvalue weighted by Gasteiger charge is 2.35. The van der Waals surface area contributed by atoms with Gasteiger partial charge in [-0.05, 0) is 56.6 Å². The molecule has 0 N–H and O–H groups in total. The molecule has 2 aliphatic rings. The van der Waals surface area contributed by atoms with Gasteiger partial charge in [0.05, 0.1) is 6.10 Å². The SMILES string of the molecule is Fc1c(/C=C/C2CCCC2)ccc(OC2CCCC2)c1OC(F)(F)F. The van der Waals surface area contributed by atoms with E-state index in [1.165, 1.54) is 12.1 Å². The summed E-state index contributed by atoms with van der Waals surface area (Å²) < 4.78 is 62.3. The van der Waals surface area contributed by atoms with E-state index in [0.29, 0.717) is 5.92 Å². The van der Waals surface area contributed by atoms with Crippen LogP contribution in [0, 0.1) is 11.7 Å². The average molecular weight is 358 g/mol. The predicted octanol–water partition coefficient (Wildman–Crippen LogP) is 6.25. The molecular formula is C19H22F4O2. The molecule has 2 fully saturated rings. The summed E-state index contributed by atoms with van der Waals surface area (Å²) in [4.78, 5) is 0. The molecule has 0 unspecified atom stereocenters. The number of alkyl halides is 3. The second kappa shape index (κ2) is 7.67. The van der Waals surface area contributed by atoms with Crippen molar-refractivity contribution in [1.29, 1.82) is 0 Å². The maximum atomic E-state index is 14.7. The third-order valence-electron chi connectivity index (χ3n) is 4.85. The van der Waals surface area contributed by atoms with Crippen molar-refractivity contribution >= 4 is 6.08 Å². The van der Waals surface area contributed by atoms with Gasteiger partial charge in [-0.1, -0.05) is 25.0 Å². The van der Waals surface area contributed by atoms with Gasteiger partial charge in [0.15, 0.2) is 11.6 Å². The second-order valence-corrected chi connectivity index (χ2v) is 6.77. The maximum Gasteiger partial charge on any atom is 0.573 e. The monoisotopic (exact) mass is 358 g/mol. The van der Waals surface area contributed by atoms with E-state index in [2.05, 4.69) is 4.74 Å². The fourth-order valence-electron chi connectivity index (χ4n) is 3.56. The first-order valence-electron chi connectivity index (χ1n) is 8.85. The van der Waals surface area contributed by atoms with Gasteiger partial charge in [0.25, 0.3) is 0 Å². The molecule has 6 heteroatoms. The maximum absolute atomic E-state index is 14.7. The van der Waals surface area contributed by atoms with Gasteiger partial charge < -0.3 is 9.47 Å². The molecule has 2 nitrogen and oxygen atoms in total. The molecular weight excluding hydrogens is 336 g/mol. The zero-order chi connectivity index (χ0) is 17.9. The fourth-order valence-corrected chi connectivity index (χ4v) is 3.56. The smallest absolute Gasteiger partial charge is 0.486 e. The minimum atomic E-state index is -4.97. The third-order valence-corrected chi connectivity index (χ3v) is 4.85. The van der Waals surface area contributed by atoms with Crippen molar-refractivity contribution in [2.75, 3.05) is 0 Å². The standard InChI is InChI=1S/C19H22F4O2/c20-17-14(10-9-13-5-1-2-6-13)11-12-16(18(17)25-19(21,22)23)24-15-7-3-4-8-15/h9-13,15H,1-8H2/b10-9+. The Balaban J connectivity index is 1.85. The van der Waals surface area contributed by atoms with E-state index in [9.17, 15) is 17.6 Å². The molecule has 0 atom stereocenters. The van der Waals surface area contributed by atoms with Crippen molar-refractivity contribution < 1.29 is 27.0 Å². The molecule has 0 spiro atoms. The van der Waals surface area contributed by atoms with Crippen LogP contribution >= 0.6 is 0 Å². The number of hydrogen-bond acceptors (Lipinski definition) is 2. The molecule has 1 aromatic carbocycles. The Morgan fingerprint density at radius 3 is 2.24 bits per heavy atom. The van der Waals surface area contributed by atoms with Crippen LogP contribution in [-0.2, 0) is 0 Å². The largest absolute Gasteiger partial charge is 0.573 e. The zero-order valence-electron chi connectivity index (χ0n) is 13.9. The van der Waals surface area contributed by atoms with Gasteiger partial charge in [-0.3, -0.25) is 0 Å². The molecule has 1 aromatic rings. The minimum Gasteiger partial charge on any atom is -0.486 e. The molecule has 25 heavy (non-hydrogen) atoms. The molecule has 0 bridgehead atoms. The quantitative estimate of drug-likeness (QED) is 0.579. The minimum absolute atomic E-state index is 0.0879. The zero-order valence-corrected chi connectivity index (χ0v) is 13.9. The summed E-state index contributed by atoms with van der Waals surface area (Å²) in [5.41, 5.74) is 0.0879. The predicted molar refractivity (Wildman–Crippen MR) is 87.0 cm³/mol. The molecule has 0 saturated heterocycles. The van der Waals surface area contributed by atoms with Gasteiger partial charge in [-0.2, -0.15) is 0 Å². The normalized spacial score (nSPS) is 19.8. The molecule has 3 rings (SSSR count). The Bertz CT molecular complexity index is 613. The van der Waals surface area contributed by atoms with E-state index in [-0.39, 0.29) is 17.4 Å². The van der Waals surface area contributed by atoms with Crippen molar-refractivity contribution in [1.82, 2.24) is 0 Å². The Hall–Kier alpha value is -1.72. The van der Waals surface area contributed by atoms with E-state index in [1.807, 2.05) is 6.08 Å². The summed E-state index contributed by atoms with van der Waals surface area (Å²) in [7, 11) is 0. The first-order valence-corrected chi connectivity index (χ1v) is 8.85. The van der Waals surface area contributed by atoms with Gasteiger partial charge >= 0.3 is 6.36 Å². The highest BCUT2D eigenvalue weighted by Crippen LogP contribution is 2.39. The summed E-state index contributed by atoms with van der Waals surface area (Å²) in [6.07, 6.45) is 6.05. The highest BCUT2D eigenvalue weighted by atomic mass is 19.4. The van der Waals surface area contributed by atoms with Crippen LogP contribution in [0.3, 0.4) is 0 Å². The lowest BCUT2D eigenvalue weighted by atomic mass is 10.1. The van der Waals surface area contributed by atoms with Crippen molar-refractivity contribution in [2.45, 2.75) is 63.8 Å². The van der Waals surface area contributed by atoms with Crippen molar-refractivity contribution in [3.8, 4) is 11.5 Å². The van der Waals surface area contributed by atoms with E-state index >= 15 is 0 Å². The van der Waals surface area contributed by atoms with Gasteiger partial charge in [0.2, 0.25) is 5.75 Å². The third kappa shape index (κ3) is 4.89. The lowest BCUT2D eigenvalue weighted by Gasteiger charge is -2.19. The number of benzene rings is 1. The Morgan fingerprint density at radius 2 is 1.60 bits per heavy atom. The number of rotatable bonds is 5. The Kier molecular flexibility index (Phi) is 5.54. The van der Waals surface area contributed by atoms with Crippen LogP contribution in [0.4, 0.5) is 17.6 Å². The summed E-state index contributed by atoms with van der Waals surface area (Å²) in [5.74, 6) is -1.71. The van der Waals surface area contributed by atoms with Crippen molar-refractivity contribution in [3.63, 3.8) is 0 Å². The molecule has 0 heterocycles. The molecule has 138 valence electrons. The van der Waals surface area contributed by atoms with Gasteiger partial charge in [0, 0.05) is 5.56 Å². The van der Waals surface area contributed by atoms with Crippen molar-refractivity contribution in [3.05, 3.63) is 29.6 Å². The van der Waals surface area contributed by atoms with Gasteiger partial charge in [-0.25, -0.2) is 4.39 Å². The second-order valence-electron chi connectivity index (χ2n) is 6.77. The number of halogens is 4. The summed E-state index contributed by atoms with van der Waals surface area (Å²) in [6, 6.07) is 2.82. The molecule has 0 radical (unpaired) electrons. The van der Waals surface area contributed by atoms with Crippen LogP contribution in [0.5, 0.6) is 11.5 Å². The van der Waals surface area contributed by atoms with Gasteiger partial charge in [0.1, 0.15) is 0 Å². The molecule has 0 aliphatic heterocycles. The molecule has 2 saturated carbocycles. The highest BCUT2D eigenvalue weighted by molar-refractivity contribution is 5.57. The van der Waals surface area contributed by atoms with Crippen LogP contribution in [0.25, 0.3) is 6.08 Å². The molecule has 2 aliphatic carbocycles. The van der Waals surface area contributed by atoms with E-state index < -0.39 is 17.9 Å². The van der Waals surface area contributed by atoms with Crippen LogP contribution < -0.4 is 9.47 Å². The van der Waals surface area contributed by atoms with E-state index in [0.717, 1.165) is 51.4 Å². The summed E-state index contributed by atoms with van der Waals surface area (Å²) in [6.45, 7) is 0. The Morgan fingerprint density at radius 1 is 0.960 bits per heavy atom. The first kappa shape index (κ1) is 18.1. The summed E-state index contributed by atoms with van der Waals surface area (Å²) in [5, 5.41) is 0.